The molecule has 1 unspecified atom stereocenters. The molecule has 0 aromatic heterocycles. The number of hydrogen-bond donors (Lipinski definition) is 1. The third kappa shape index (κ3) is 5.30. The van der Waals surface area contributed by atoms with Gasteiger partial charge in [-0.3, -0.25) is 9.59 Å². The second kappa shape index (κ2) is 9.51. The van der Waals surface area contributed by atoms with Crippen LogP contribution in [0.15, 0.2) is 91.0 Å². The van der Waals surface area contributed by atoms with Gasteiger partial charge in [0.1, 0.15) is 0 Å². The molecule has 0 heterocycles. The van der Waals surface area contributed by atoms with E-state index >= 15 is 0 Å². The molecule has 0 radical (unpaired) electrons. The van der Waals surface area contributed by atoms with E-state index in [1.807, 2.05) is 97.9 Å². The van der Waals surface area contributed by atoms with Gasteiger partial charge >= 0.3 is 11.8 Å². The van der Waals surface area contributed by atoms with Crippen molar-refractivity contribution in [3.63, 3.8) is 0 Å². The lowest BCUT2D eigenvalue weighted by atomic mass is 10.1. The summed E-state index contributed by atoms with van der Waals surface area (Å²) in [7, 11) is 0. The average Bonchev–Trinajstić information content (AvgIpc) is 2.75. The van der Waals surface area contributed by atoms with E-state index in [1.54, 1.807) is 4.90 Å². The third-order valence-corrected chi connectivity index (χ3v) is 4.56. The number of hydrogen-bond acceptors (Lipinski definition) is 2. The quantitative estimate of drug-likeness (QED) is 0.663. The monoisotopic (exact) mass is 372 g/mol. The van der Waals surface area contributed by atoms with Crippen LogP contribution in [0.2, 0.25) is 0 Å². The molecule has 1 atom stereocenters. The van der Waals surface area contributed by atoms with Crippen molar-refractivity contribution < 1.29 is 9.59 Å². The van der Waals surface area contributed by atoms with Crippen molar-refractivity contribution in [1.29, 1.82) is 0 Å². The maximum absolute atomic E-state index is 12.9. The average molecular weight is 372 g/mol. The van der Waals surface area contributed by atoms with Crippen LogP contribution in [-0.4, -0.2) is 16.7 Å². The molecule has 0 fully saturated rings. The molecule has 0 aliphatic carbocycles. The zero-order chi connectivity index (χ0) is 19.8. The maximum Gasteiger partial charge on any atom is 0.312 e. The number of nitrogens with zero attached hydrogens (tertiary/aromatic N) is 1. The Morgan fingerprint density at radius 1 is 0.750 bits per heavy atom. The van der Waals surface area contributed by atoms with Crippen LogP contribution >= 0.6 is 0 Å². The lowest BCUT2D eigenvalue weighted by molar-refractivity contribution is -0.147. The Morgan fingerprint density at radius 2 is 1.18 bits per heavy atom. The molecule has 0 saturated heterocycles. The van der Waals surface area contributed by atoms with Crippen LogP contribution in [0.1, 0.15) is 29.7 Å². The third-order valence-electron chi connectivity index (χ3n) is 4.56. The van der Waals surface area contributed by atoms with E-state index in [1.165, 1.54) is 0 Å². The number of carbonyl (C=O) groups excluding carboxylic acids is 2. The van der Waals surface area contributed by atoms with Crippen LogP contribution in [-0.2, 0) is 22.7 Å². The molecule has 0 bridgehead atoms. The highest BCUT2D eigenvalue weighted by Crippen LogP contribution is 2.13. The van der Waals surface area contributed by atoms with Crippen LogP contribution < -0.4 is 5.32 Å². The molecule has 2 amide bonds. The lowest BCUT2D eigenvalue weighted by Crippen LogP contribution is -2.43. The predicted molar refractivity (Wildman–Crippen MR) is 110 cm³/mol. The first-order valence-corrected chi connectivity index (χ1v) is 9.36. The fourth-order valence-corrected chi connectivity index (χ4v) is 3.03. The van der Waals surface area contributed by atoms with Gasteiger partial charge in [0.2, 0.25) is 0 Å². The van der Waals surface area contributed by atoms with E-state index in [4.69, 9.17) is 0 Å². The van der Waals surface area contributed by atoms with Gasteiger partial charge in [0.25, 0.3) is 0 Å². The smallest absolute Gasteiger partial charge is 0.312 e. The number of amides is 2. The Balaban J connectivity index is 1.74. The molecule has 3 aromatic rings. The number of rotatable bonds is 6. The summed E-state index contributed by atoms with van der Waals surface area (Å²) in [6.45, 7) is 2.63. The Hall–Kier alpha value is -3.40. The van der Waals surface area contributed by atoms with Gasteiger partial charge in [0.15, 0.2) is 0 Å². The highest BCUT2D eigenvalue weighted by Gasteiger charge is 2.24. The van der Waals surface area contributed by atoms with Gasteiger partial charge in [-0.15, -0.1) is 0 Å². The van der Waals surface area contributed by atoms with E-state index in [0.29, 0.717) is 13.1 Å². The summed E-state index contributed by atoms with van der Waals surface area (Å²) in [5.74, 6) is -1.13. The van der Waals surface area contributed by atoms with Crippen LogP contribution in [0.25, 0.3) is 0 Å². The normalized spacial score (nSPS) is 11.5. The van der Waals surface area contributed by atoms with Gasteiger partial charge in [0, 0.05) is 13.1 Å². The molecule has 4 heteroatoms. The van der Waals surface area contributed by atoms with Gasteiger partial charge in [-0.1, -0.05) is 91.0 Å². The van der Waals surface area contributed by atoms with Crippen molar-refractivity contribution in [2.75, 3.05) is 0 Å². The van der Waals surface area contributed by atoms with Gasteiger partial charge in [-0.2, -0.15) is 0 Å². The van der Waals surface area contributed by atoms with Crippen molar-refractivity contribution in [2.24, 2.45) is 0 Å². The largest absolute Gasteiger partial charge is 0.341 e. The summed E-state index contributed by atoms with van der Waals surface area (Å²) >= 11 is 0. The van der Waals surface area contributed by atoms with Crippen molar-refractivity contribution in [2.45, 2.75) is 26.1 Å². The molecule has 142 valence electrons. The first-order chi connectivity index (χ1) is 13.6. The minimum absolute atomic E-state index is 0.243. The van der Waals surface area contributed by atoms with Gasteiger partial charge < -0.3 is 10.2 Å². The molecule has 28 heavy (non-hydrogen) atoms. The first-order valence-electron chi connectivity index (χ1n) is 9.36. The predicted octanol–water partition coefficient (Wildman–Crippen LogP) is 4.09. The maximum atomic E-state index is 12.9. The minimum atomic E-state index is -0.594. The standard InChI is InChI=1S/C24H24N2O2/c1-19(22-15-9-4-10-16-22)25-23(27)24(28)26(17-20-11-5-2-6-12-20)18-21-13-7-3-8-14-21/h2-16,19H,17-18H2,1H3,(H,25,27). The summed E-state index contributed by atoms with van der Waals surface area (Å²) in [5, 5.41) is 2.82. The zero-order valence-corrected chi connectivity index (χ0v) is 15.9. The van der Waals surface area contributed by atoms with E-state index in [-0.39, 0.29) is 6.04 Å². The van der Waals surface area contributed by atoms with E-state index in [9.17, 15) is 9.59 Å². The first kappa shape index (κ1) is 19.4. The van der Waals surface area contributed by atoms with E-state index in [2.05, 4.69) is 5.32 Å². The van der Waals surface area contributed by atoms with Gasteiger partial charge in [-0.25, -0.2) is 0 Å². The van der Waals surface area contributed by atoms with E-state index < -0.39 is 11.8 Å². The molecule has 0 aliphatic rings. The Labute approximate surface area is 165 Å². The Kier molecular flexibility index (Phi) is 6.58. The summed E-state index contributed by atoms with van der Waals surface area (Å²) < 4.78 is 0. The molecule has 4 nitrogen and oxygen atoms in total. The molecule has 1 N–H and O–H groups in total. The van der Waals surface area contributed by atoms with Crippen LogP contribution in [0.3, 0.4) is 0 Å². The van der Waals surface area contributed by atoms with Crippen LogP contribution in [0.4, 0.5) is 0 Å². The molecule has 0 spiro atoms. The fourth-order valence-electron chi connectivity index (χ4n) is 3.03. The fraction of sp³-hybridized carbons (Fsp3) is 0.167. The number of nitrogens with one attached hydrogen (secondary N) is 1. The Bertz CT molecular complexity index is 854. The molecule has 3 rings (SSSR count). The molecule has 0 aliphatic heterocycles. The van der Waals surface area contributed by atoms with E-state index in [0.717, 1.165) is 16.7 Å². The Morgan fingerprint density at radius 3 is 1.64 bits per heavy atom. The van der Waals surface area contributed by atoms with Crippen molar-refractivity contribution >= 4 is 11.8 Å². The summed E-state index contributed by atoms with van der Waals surface area (Å²) in [5.41, 5.74) is 2.92. The molecule has 3 aromatic carbocycles. The second-order valence-electron chi connectivity index (χ2n) is 6.74. The highest BCUT2D eigenvalue weighted by molar-refractivity contribution is 6.35. The number of carbonyl (C=O) groups is 2. The zero-order valence-electron chi connectivity index (χ0n) is 15.9. The van der Waals surface area contributed by atoms with Crippen molar-refractivity contribution in [3.8, 4) is 0 Å². The highest BCUT2D eigenvalue weighted by atomic mass is 16.2. The summed E-state index contributed by atoms with van der Waals surface area (Å²) in [6, 6.07) is 28.8. The minimum Gasteiger partial charge on any atom is -0.341 e. The van der Waals surface area contributed by atoms with Gasteiger partial charge in [0.05, 0.1) is 6.04 Å². The number of benzene rings is 3. The molecule has 0 saturated carbocycles. The topological polar surface area (TPSA) is 49.4 Å². The van der Waals surface area contributed by atoms with Crippen molar-refractivity contribution in [3.05, 3.63) is 108 Å². The second-order valence-corrected chi connectivity index (χ2v) is 6.74. The van der Waals surface area contributed by atoms with Crippen LogP contribution in [0.5, 0.6) is 0 Å². The van der Waals surface area contributed by atoms with Crippen molar-refractivity contribution in [1.82, 2.24) is 10.2 Å². The van der Waals surface area contributed by atoms with Crippen LogP contribution in [0, 0.1) is 0 Å². The lowest BCUT2D eigenvalue weighted by Gasteiger charge is -2.23. The summed E-state index contributed by atoms with van der Waals surface area (Å²) in [6.07, 6.45) is 0. The molecular weight excluding hydrogens is 348 g/mol. The van der Waals surface area contributed by atoms with Gasteiger partial charge in [-0.05, 0) is 23.6 Å². The SMILES string of the molecule is CC(NC(=O)C(=O)N(Cc1ccccc1)Cc1ccccc1)c1ccccc1. The summed E-state index contributed by atoms with van der Waals surface area (Å²) in [4.78, 5) is 27.2. The molecular formula is C24H24N2O2.